The van der Waals surface area contributed by atoms with Gasteiger partial charge in [-0.15, -0.1) is 0 Å². The Morgan fingerprint density at radius 2 is 2.39 bits per heavy atom. The van der Waals surface area contributed by atoms with Crippen LogP contribution in [0, 0.1) is 6.92 Å². The van der Waals surface area contributed by atoms with Gasteiger partial charge in [0, 0.05) is 29.8 Å². The van der Waals surface area contributed by atoms with Crippen LogP contribution in [0.2, 0.25) is 0 Å². The molecule has 4 nitrogen and oxygen atoms in total. The summed E-state index contributed by atoms with van der Waals surface area (Å²) >= 11 is 0. The summed E-state index contributed by atoms with van der Waals surface area (Å²) in [6.07, 6.45) is 7.10. The van der Waals surface area contributed by atoms with Crippen LogP contribution < -0.4 is 5.73 Å². The van der Waals surface area contributed by atoms with Crippen molar-refractivity contribution in [2.75, 3.05) is 0 Å². The minimum Gasteiger partial charge on any atom is -0.347 e. The van der Waals surface area contributed by atoms with Crippen molar-refractivity contribution >= 4 is 0 Å². The van der Waals surface area contributed by atoms with Crippen LogP contribution in [0.4, 0.5) is 0 Å². The summed E-state index contributed by atoms with van der Waals surface area (Å²) in [5, 5.41) is 0. The van der Waals surface area contributed by atoms with Gasteiger partial charge in [0.05, 0.1) is 6.04 Å². The highest BCUT2D eigenvalue weighted by Crippen LogP contribution is 2.33. The van der Waals surface area contributed by atoms with Gasteiger partial charge in [-0.3, -0.25) is 0 Å². The topological polar surface area (TPSA) is 59.6 Å². The zero-order valence-electron chi connectivity index (χ0n) is 11.0. The Morgan fingerprint density at radius 3 is 3.11 bits per heavy atom. The van der Waals surface area contributed by atoms with E-state index in [0.29, 0.717) is 0 Å². The monoisotopic (exact) mass is 244 g/mol. The van der Waals surface area contributed by atoms with E-state index in [-0.39, 0.29) is 12.1 Å². The molecule has 2 atom stereocenters. The third-order valence-corrected chi connectivity index (χ3v) is 4.00. The average molecular weight is 244 g/mol. The molecule has 2 aromatic rings. The molecule has 0 bridgehead atoms. The molecule has 0 spiro atoms. The van der Waals surface area contributed by atoms with Crippen molar-refractivity contribution in [3.63, 3.8) is 0 Å². The molecule has 2 heterocycles. The van der Waals surface area contributed by atoms with Crippen molar-refractivity contribution in [3.8, 4) is 0 Å². The third kappa shape index (κ3) is 1.68. The Morgan fingerprint density at radius 1 is 1.56 bits per heavy atom. The summed E-state index contributed by atoms with van der Waals surface area (Å²) in [6, 6.07) is 2.70. The fourth-order valence-electron chi connectivity index (χ4n) is 3.13. The molecule has 0 radical (unpaired) electrons. The molecule has 1 aliphatic carbocycles. The number of H-pyrrole nitrogens is 1. The van der Waals surface area contributed by atoms with E-state index in [0.717, 1.165) is 18.7 Å². The third-order valence-electron chi connectivity index (χ3n) is 4.00. The van der Waals surface area contributed by atoms with Gasteiger partial charge in [0.15, 0.2) is 0 Å². The first kappa shape index (κ1) is 11.5. The number of imidazole rings is 1. The molecule has 2 aromatic heterocycles. The van der Waals surface area contributed by atoms with Crippen LogP contribution in [0.15, 0.2) is 18.5 Å². The quantitative estimate of drug-likeness (QED) is 0.852. The smallest absolute Gasteiger partial charge is 0.128 e. The molecule has 3 N–H and O–H groups in total. The van der Waals surface area contributed by atoms with Crippen molar-refractivity contribution in [2.45, 2.75) is 45.2 Å². The van der Waals surface area contributed by atoms with Gasteiger partial charge in [-0.1, -0.05) is 0 Å². The fourth-order valence-corrected chi connectivity index (χ4v) is 3.13. The van der Waals surface area contributed by atoms with Crippen molar-refractivity contribution < 1.29 is 0 Å². The second-order valence-corrected chi connectivity index (χ2v) is 5.21. The van der Waals surface area contributed by atoms with Gasteiger partial charge in [0.1, 0.15) is 5.82 Å². The molecule has 18 heavy (non-hydrogen) atoms. The van der Waals surface area contributed by atoms with Crippen molar-refractivity contribution in [1.82, 2.24) is 14.5 Å². The van der Waals surface area contributed by atoms with Crippen LogP contribution in [0.5, 0.6) is 0 Å². The van der Waals surface area contributed by atoms with Crippen LogP contribution in [0.3, 0.4) is 0 Å². The molecule has 0 saturated heterocycles. The van der Waals surface area contributed by atoms with Crippen molar-refractivity contribution in [1.29, 1.82) is 0 Å². The largest absolute Gasteiger partial charge is 0.347 e. The first-order valence-corrected chi connectivity index (χ1v) is 6.64. The Balaban J connectivity index is 2.07. The molecule has 3 rings (SSSR count). The molecule has 4 heteroatoms. The number of nitrogens with one attached hydrogen (secondary N) is 1. The SMILES string of the molecule is Cc1cc2c(n1C(C)c1ncc[nH]1)CCCC2N. The van der Waals surface area contributed by atoms with Gasteiger partial charge in [-0.25, -0.2) is 4.98 Å². The van der Waals surface area contributed by atoms with Crippen LogP contribution in [-0.2, 0) is 6.42 Å². The molecule has 96 valence electrons. The lowest BCUT2D eigenvalue weighted by atomic mass is 9.93. The normalized spacial score (nSPS) is 20.7. The van der Waals surface area contributed by atoms with Gasteiger partial charge in [0.2, 0.25) is 0 Å². The molecule has 0 aliphatic heterocycles. The zero-order chi connectivity index (χ0) is 12.7. The number of aromatic amines is 1. The Bertz CT molecular complexity index is 538. The zero-order valence-corrected chi connectivity index (χ0v) is 11.0. The summed E-state index contributed by atoms with van der Waals surface area (Å²) in [5.74, 6) is 1.01. The lowest BCUT2D eigenvalue weighted by molar-refractivity contribution is 0.513. The summed E-state index contributed by atoms with van der Waals surface area (Å²) in [6.45, 7) is 4.34. The molecular weight excluding hydrogens is 224 g/mol. The maximum atomic E-state index is 6.21. The minimum atomic E-state index is 0.206. The summed E-state index contributed by atoms with van der Waals surface area (Å²) < 4.78 is 2.38. The summed E-state index contributed by atoms with van der Waals surface area (Å²) in [7, 11) is 0. The number of fused-ring (bicyclic) bond motifs is 1. The first-order valence-electron chi connectivity index (χ1n) is 6.64. The van der Waals surface area contributed by atoms with E-state index in [9.17, 15) is 0 Å². The van der Waals surface area contributed by atoms with E-state index < -0.39 is 0 Å². The number of hydrogen-bond donors (Lipinski definition) is 2. The number of rotatable bonds is 2. The van der Waals surface area contributed by atoms with Gasteiger partial charge < -0.3 is 15.3 Å². The molecular formula is C14H20N4. The fraction of sp³-hybridized carbons (Fsp3) is 0.500. The highest BCUT2D eigenvalue weighted by Gasteiger charge is 2.25. The Labute approximate surface area is 107 Å². The number of hydrogen-bond acceptors (Lipinski definition) is 2. The molecule has 2 unspecified atom stereocenters. The second kappa shape index (κ2) is 4.28. The van der Waals surface area contributed by atoms with E-state index in [1.807, 2.05) is 12.4 Å². The van der Waals surface area contributed by atoms with Crippen molar-refractivity contribution in [2.24, 2.45) is 5.73 Å². The average Bonchev–Trinajstić information content (AvgIpc) is 2.96. The number of aromatic nitrogens is 3. The summed E-state index contributed by atoms with van der Waals surface area (Å²) in [5.41, 5.74) is 10.2. The lowest BCUT2D eigenvalue weighted by Gasteiger charge is -2.23. The highest BCUT2D eigenvalue weighted by molar-refractivity contribution is 5.34. The maximum Gasteiger partial charge on any atom is 0.128 e. The van der Waals surface area contributed by atoms with Crippen LogP contribution in [0.25, 0.3) is 0 Å². The van der Waals surface area contributed by atoms with E-state index in [4.69, 9.17) is 5.73 Å². The second-order valence-electron chi connectivity index (χ2n) is 5.21. The number of nitrogens with zero attached hydrogens (tertiary/aromatic N) is 2. The van der Waals surface area contributed by atoms with E-state index in [1.165, 1.54) is 23.4 Å². The predicted molar refractivity (Wildman–Crippen MR) is 71.4 cm³/mol. The van der Waals surface area contributed by atoms with E-state index >= 15 is 0 Å². The van der Waals surface area contributed by atoms with Crippen LogP contribution in [0.1, 0.15) is 54.6 Å². The molecule has 0 saturated carbocycles. The predicted octanol–water partition coefficient (Wildman–Crippen LogP) is 2.47. The lowest BCUT2D eigenvalue weighted by Crippen LogP contribution is -2.20. The molecule has 0 fully saturated rings. The van der Waals surface area contributed by atoms with Crippen molar-refractivity contribution in [3.05, 3.63) is 41.2 Å². The van der Waals surface area contributed by atoms with E-state index in [2.05, 4.69) is 34.4 Å². The Kier molecular flexibility index (Phi) is 2.74. The van der Waals surface area contributed by atoms with Gasteiger partial charge in [0.25, 0.3) is 0 Å². The molecule has 0 amide bonds. The Hall–Kier alpha value is -1.55. The summed E-state index contributed by atoms with van der Waals surface area (Å²) in [4.78, 5) is 7.58. The number of nitrogens with two attached hydrogens (primary N) is 1. The van der Waals surface area contributed by atoms with Crippen LogP contribution >= 0.6 is 0 Å². The minimum absolute atomic E-state index is 0.206. The van der Waals surface area contributed by atoms with Crippen LogP contribution in [-0.4, -0.2) is 14.5 Å². The van der Waals surface area contributed by atoms with Gasteiger partial charge in [-0.2, -0.15) is 0 Å². The standard InChI is InChI=1S/C14H20N4/c1-9-8-11-12(15)4-3-5-13(11)18(9)10(2)14-16-6-7-17-14/h6-8,10,12H,3-5,15H2,1-2H3,(H,16,17). The van der Waals surface area contributed by atoms with Gasteiger partial charge >= 0.3 is 0 Å². The molecule has 1 aliphatic rings. The highest BCUT2D eigenvalue weighted by atomic mass is 15.1. The first-order chi connectivity index (χ1) is 8.68. The van der Waals surface area contributed by atoms with Gasteiger partial charge in [-0.05, 0) is 44.7 Å². The maximum absolute atomic E-state index is 6.21. The number of aryl methyl sites for hydroxylation is 1. The molecule has 0 aromatic carbocycles. The van der Waals surface area contributed by atoms with E-state index in [1.54, 1.807) is 0 Å².